The smallest absolute Gasteiger partial charge is 0.248 e. The van der Waals surface area contributed by atoms with Gasteiger partial charge in [-0.1, -0.05) is 62.7 Å². The van der Waals surface area contributed by atoms with Crippen LogP contribution in [0.5, 0.6) is 5.75 Å². The maximum atomic E-state index is 13.8. The Morgan fingerprint density at radius 2 is 1.91 bits per heavy atom. The highest BCUT2D eigenvalue weighted by molar-refractivity contribution is 5.91. The quantitative estimate of drug-likeness (QED) is 0.633. The Bertz CT molecular complexity index is 1000. The van der Waals surface area contributed by atoms with Crippen LogP contribution in [-0.2, 0) is 17.9 Å². The van der Waals surface area contributed by atoms with Gasteiger partial charge in [0.25, 0.3) is 0 Å². The van der Waals surface area contributed by atoms with Crippen LogP contribution in [0.15, 0.2) is 59.6 Å². The van der Waals surface area contributed by atoms with Crippen LogP contribution in [-0.4, -0.2) is 40.3 Å². The molecule has 6 rings (SSSR count). The van der Waals surface area contributed by atoms with E-state index in [2.05, 4.69) is 42.4 Å². The third-order valence-corrected chi connectivity index (χ3v) is 7.97. The first-order valence-electron chi connectivity index (χ1n) is 12.4. The minimum Gasteiger partial charge on any atom is -0.508 e. The number of phenols is 1. The molecule has 4 aliphatic rings. The van der Waals surface area contributed by atoms with Gasteiger partial charge in [0.1, 0.15) is 11.3 Å². The van der Waals surface area contributed by atoms with Crippen molar-refractivity contribution in [1.82, 2.24) is 10.2 Å². The van der Waals surface area contributed by atoms with Gasteiger partial charge in [0.2, 0.25) is 5.91 Å². The first-order chi connectivity index (χ1) is 16.0. The molecule has 3 heterocycles. The van der Waals surface area contributed by atoms with Gasteiger partial charge in [0.05, 0.1) is 0 Å². The van der Waals surface area contributed by atoms with E-state index in [1.165, 1.54) is 5.56 Å². The zero-order valence-electron chi connectivity index (χ0n) is 19.7. The van der Waals surface area contributed by atoms with E-state index in [-0.39, 0.29) is 11.8 Å². The van der Waals surface area contributed by atoms with Crippen molar-refractivity contribution < 1.29 is 9.90 Å². The molecular formula is C28H35N3O2. The second-order valence-corrected chi connectivity index (χ2v) is 10.6. The van der Waals surface area contributed by atoms with Gasteiger partial charge in [-0.25, -0.2) is 0 Å². The van der Waals surface area contributed by atoms with Crippen LogP contribution in [0.1, 0.15) is 44.2 Å². The maximum Gasteiger partial charge on any atom is 0.248 e. The number of hydrogen-bond acceptors (Lipinski definition) is 4. The standard InChI is InChI=1S/C28H35N3O2/c1-19(2)8-13-25-26-24-16-30-28(25,27(33)29-15-20-6-4-3-5-7-20)14-22(24)18-31(26)17-21-9-11-23(32)12-10-21/h3-7,9-12,16,19,22,24-26,32H,8,13-15,17-18H2,1-2H3,(H,29,33). The normalized spacial score (nSPS) is 30.2. The summed E-state index contributed by atoms with van der Waals surface area (Å²) >= 11 is 0. The summed E-state index contributed by atoms with van der Waals surface area (Å²) in [5.41, 5.74) is 1.67. The SMILES string of the molecule is CC(C)CCC1C2C3C=NC1(C(=O)NCc1ccccc1)CC3CN2Cc1ccc(O)cc1. The van der Waals surface area contributed by atoms with E-state index in [1.807, 2.05) is 30.3 Å². The molecule has 2 N–H and O–H groups in total. The zero-order valence-corrected chi connectivity index (χ0v) is 19.7. The Balaban J connectivity index is 1.40. The number of aromatic hydroxyl groups is 1. The molecule has 5 nitrogen and oxygen atoms in total. The van der Waals surface area contributed by atoms with Crippen LogP contribution < -0.4 is 5.32 Å². The molecule has 5 heteroatoms. The number of rotatable bonds is 8. The van der Waals surface area contributed by atoms with Crippen molar-refractivity contribution in [2.24, 2.45) is 28.7 Å². The summed E-state index contributed by atoms with van der Waals surface area (Å²) < 4.78 is 0. The molecule has 33 heavy (non-hydrogen) atoms. The lowest BCUT2D eigenvalue weighted by molar-refractivity contribution is -0.132. The predicted octanol–water partition coefficient (Wildman–Crippen LogP) is 4.40. The molecule has 3 aliphatic heterocycles. The second kappa shape index (κ2) is 8.94. The summed E-state index contributed by atoms with van der Waals surface area (Å²) in [4.78, 5) is 21.3. The molecule has 1 amide bonds. The Hall–Kier alpha value is -2.66. The third-order valence-electron chi connectivity index (χ3n) is 7.97. The van der Waals surface area contributed by atoms with E-state index < -0.39 is 5.54 Å². The second-order valence-electron chi connectivity index (χ2n) is 10.6. The summed E-state index contributed by atoms with van der Waals surface area (Å²) in [7, 11) is 0. The highest BCUT2D eigenvalue weighted by Crippen LogP contribution is 2.54. The van der Waals surface area contributed by atoms with E-state index >= 15 is 0 Å². The Kier molecular flexibility index (Phi) is 6.00. The van der Waals surface area contributed by atoms with E-state index in [1.54, 1.807) is 12.1 Å². The van der Waals surface area contributed by atoms with Crippen LogP contribution in [0.3, 0.4) is 0 Å². The van der Waals surface area contributed by atoms with Gasteiger partial charge in [-0.05, 0) is 47.9 Å². The molecule has 174 valence electrons. The van der Waals surface area contributed by atoms with Crippen molar-refractivity contribution in [2.45, 2.75) is 57.8 Å². The van der Waals surface area contributed by atoms with Gasteiger partial charge < -0.3 is 10.4 Å². The van der Waals surface area contributed by atoms with Crippen LogP contribution in [0.4, 0.5) is 0 Å². The summed E-state index contributed by atoms with van der Waals surface area (Å²) in [6, 6.07) is 18.0. The molecule has 0 aromatic heterocycles. The van der Waals surface area contributed by atoms with Crippen LogP contribution in [0, 0.1) is 23.7 Å². The van der Waals surface area contributed by atoms with Gasteiger partial charge >= 0.3 is 0 Å². The van der Waals surface area contributed by atoms with Crippen LogP contribution in [0.25, 0.3) is 0 Å². The zero-order chi connectivity index (χ0) is 23.0. The molecule has 5 atom stereocenters. The van der Waals surface area contributed by atoms with Crippen molar-refractivity contribution >= 4 is 12.1 Å². The maximum absolute atomic E-state index is 13.8. The average molecular weight is 446 g/mol. The van der Waals surface area contributed by atoms with E-state index in [9.17, 15) is 9.90 Å². The molecule has 1 saturated carbocycles. The molecule has 5 unspecified atom stereocenters. The lowest BCUT2D eigenvalue weighted by Gasteiger charge is -2.51. The number of aliphatic imine (C=N–C) groups is 1. The number of nitrogens with one attached hydrogen (secondary N) is 1. The first-order valence-corrected chi connectivity index (χ1v) is 12.4. The Morgan fingerprint density at radius 1 is 1.15 bits per heavy atom. The minimum absolute atomic E-state index is 0.0935. The van der Waals surface area contributed by atoms with Gasteiger partial charge in [-0.3, -0.25) is 14.7 Å². The van der Waals surface area contributed by atoms with Gasteiger partial charge in [-0.15, -0.1) is 0 Å². The molecule has 0 radical (unpaired) electrons. The Morgan fingerprint density at radius 3 is 2.64 bits per heavy atom. The van der Waals surface area contributed by atoms with E-state index in [0.29, 0.717) is 36.1 Å². The summed E-state index contributed by atoms with van der Waals surface area (Å²) in [5.74, 6) is 2.12. The number of hydrogen-bond donors (Lipinski definition) is 2. The fourth-order valence-corrected chi connectivity index (χ4v) is 6.38. The van der Waals surface area contributed by atoms with Crippen molar-refractivity contribution in [2.75, 3.05) is 6.54 Å². The van der Waals surface area contributed by atoms with Gasteiger partial charge in [-0.2, -0.15) is 0 Å². The average Bonchev–Trinajstić information content (AvgIpc) is 3.11. The Labute approximate surface area is 196 Å². The molecule has 0 spiro atoms. The molecule has 2 aromatic rings. The van der Waals surface area contributed by atoms with Crippen LogP contribution >= 0.6 is 0 Å². The van der Waals surface area contributed by atoms with Gasteiger partial charge in [0.15, 0.2) is 0 Å². The largest absolute Gasteiger partial charge is 0.508 e. The fraction of sp³-hybridized carbons (Fsp3) is 0.500. The number of benzene rings is 2. The van der Waals surface area contributed by atoms with E-state index in [0.717, 1.165) is 37.9 Å². The van der Waals surface area contributed by atoms with E-state index in [4.69, 9.17) is 4.99 Å². The van der Waals surface area contributed by atoms with Crippen molar-refractivity contribution in [3.63, 3.8) is 0 Å². The first kappa shape index (κ1) is 22.1. The number of carbonyl (C=O) groups excluding carboxylic acids is 1. The molecule has 2 aromatic carbocycles. The van der Waals surface area contributed by atoms with Crippen molar-refractivity contribution in [3.8, 4) is 5.75 Å². The number of likely N-dealkylation sites (tertiary alicyclic amines) is 1. The number of nitrogens with zero attached hydrogens (tertiary/aromatic N) is 2. The monoisotopic (exact) mass is 445 g/mol. The predicted molar refractivity (Wildman–Crippen MR) is 131 cm³/mol. The minimum atomic E-state index is -0.655. The van der Waals surface area contributed by atoms with Crippen molar-refractivity contribution in [1.29, 1.82) is 0 Å². The molecule has 1 aliphatic carbocycles. The molecule has 1 saturated heterocycles. The number of carbonyl (C=O) groups is 1. The highest BCUT2D eigenvalue weighted by Gasteiger charge is 2.63. The lowest BCUT2D eigenvalue weighted by atomic mass is 9.59. The highest BCUT2D eigenvalue weighted by atomic mass is 16.3. The topological polar surface area (TPSA) is 64.9 Å². The lowest BCUT2D eigenvalue weighted by Crippen LogP contribution is -2.63. The summed E-state index contributed by atoms with van der Waals surface area (Å²) in [6.07, 6.45) is 5.09. The number of amides is 1. The molecule has 2 fully saturated rings. The molecule has 4 bridgehead atoms. The number of phenolic OH excluding ortho intramolecular Hbond substituents is 1. The third kappa shape index (κ3) is 4.19. The van der Waals surface area contributed by atoms with Crippen LogP contribution in [0.2, 0.25) is 0 Å². The van der Waals surface area contributed by atoms with Gasteiger partial charge in [0, 0.05) is 43.7 Å². The summed E-state index contributed by atoms with van der Waals surface area (Å²) in [5, 5.41) is 12.9. The fourth-order valence-electron chi connectivity index (χ4n) is 6.38. The van der Waals surface area contributed by atoms with Crippen molar-refractivity contribution in [3.05, 3.63) is 65.7 Å². The molecular weight excluding hydrogens is 410 g/mol. The summed E-state index contributed by atoms with van der Waals surface area (Å²) in [6.45, 7) is 6.93.